The number of hydrogen-bond acceptors (Lipinski definition) is 5. The average molecular weight is 470 g/mol. The minimum absolute atomic E-state index is 0.0908. The predicted molar refractivity (Wildman–Crippen MR) is 130 cm³/mol. The van der Waals surface area contributed by atoms with Crippen molar-refractivity contribution >= 4 is 33.1 Å². The summed E-state index contributed by atoms with van der Waals surface area (Å²) in [5, 5.41) is 2.80. The van der Waals surface area contributed by atoms with Crippen molar-refractivity contribution in [2.45, 2.75) is 50.3 Å². The first-order chi connectivity index (χ1) is 15.9. The monoisotopic (exact) mass is 469 g/mol. The Bertz CT molecular complexity index is 1130. The Kier molecular flexibility index (Phi) is 7.14. The predicted octanol–water partition coefficient (Wildman–Crippen LogP) is 4.31. The molecular formula is C25H31N3O4S. The van der Waals surface area contributed by atoms with Crippen LogP contribution in [-0.4, -0.2) is 50.6 Å². The summed E-state index contributed by atoms with van der Waals surface area (Å²) in [4.78, 5) is 27.0. The van der Waals surface area contributed by atoms with Gasteiger partial charge in [0, 0.05) is 43.0 Å². The van der Waals surface area contributed by atoms with E-state index in [9.17, 15) is 18.0 Å². The van der Waals surface area contributed by atoms with Crippen LogP contribution in [0.25, 0.3) is 0 Å². The largest absolute Gasteiger partial charge is 0.370 e. The van der Waals surface area contributed by atoms with Gasteiger partial charge in [0.25, 0.3) is 5.91 Å². The Morgan fingerprint density at radius 3 is 2.15 bits per heavy atom. The zero-order valence-electron chi connectivity index (χ0n) is 19.0. The van der Waals surface area contributed by atoms with Crippen molar-refractivity contribution in [1.82, 2.24) is 4.31 Å². The van der Waals surface area contributed by atoms with E-state index >= 15 is 0 Å². The van der Waals surface area contributed by atoms with Gasteiger partial charge in [-0.3, -0.25) is 9.59 Å². The smallest absolute Gasteiger partial charge is 0.255 e. The number of sulfonamides is 1. The molecule has 0 saturated carbocycles. The normalized spacial score (nSPS) is 17.5. The fourth-order valence-electron chi connectivity index (χ4n) is 4.52. The first-order valence-electron chi connectivity index (χ1n) is 11.7. The van der Waals surface area contributed by atoms with Crippen LogP contribution in [-0.2, 0) is 10.0 Å². The van der Waals surface area contributed by atoms with Crippen LogP contribution < -0.4 is 10.2 Å². The van der Waals surface area contributed by atoms with Crippen LogP contribution in [0.1, 0.15) is 66.2 Å². The number of Topliss-reactive ketones (excluding diaryl/α,β-unsaturated/α-hetero) is 1. The fraction of sp³-hybridized carbons (Fsp3) is 0.440. The first kappa shape index (κ1) is 23.4. The Hall–Kier alpha value is -2.71. The number of ketones is 1. The van der Waals surface area contributed by atoms with E-state index in [1.54, 1.807) is 40.7 Å². The molecule has 2 aliphatic rings. The molecular weight excluding hydrogens is 438 g/mol. The maximum absolute atomic E-state index is 13.6. The number of anilines is 2. The molecule has 1 amide bonds. The molecule has 0 spiro atoms. The summed E-state index contributed by atoms with van der Waals surface area (Å²) < 4.78 is 28.8. The van der Waals surface area contributed by atoms with Crippen molar-refractivity contribution in [3.8, 4) is 0 Å². The molecule has 0 unspecified atom stereocenters. The summed E-state index contributed by atoms with van der Waals surface area (Å²) >= 11 is 0. The van der Waals surface area contributed by atoms with Crippen LogP contribution in [0.15, 0.2) is 47.4 Å². The van der Waals surface area contributed by atoms with Crippen molar-refractivity contribution < 1.29 is 18.0 Å². The van der Waals surface area contributed by atoms with Crippen molar-refractivity contribution in [3.63, 3.8) is 0 Å². The Labute approximate surface area is 195 Å². The lowest BCUT2D eigenvalue weighted by Gasteiger charge is -2.33. The van der Waals surface area contributed by atoms with Crippen LogP contribution in [0.4, 0.5) is 11.4 Å². The summed E-state index contributed by atoms with van der Waals surface area (Å²) in [5.41, 5.74) is 1.95. The second-order valence-electron chi connectivity index (χ2n) is 8.79. The molecule has 0 bridgehead atoms. The van der Waals surface area contributed by atoms with Gasteiger partial charge in [-0.25, -0.2) is 8.42 Å². The quantitative estimate of drug-likeness (QED) is 0.637. The molecule has 2 saturated heterocycles. The molecule has 0 aliphatic carbocycles. The fourth-order valence-corrected chi connectivity index (χ4v) is 6.28. The van der Waals surface area contributed by atoms with Gasteiger partial charge in [-0.2, -0.15) is 4.31 Å². The number of hydrogen-bond donors (Lipinski definition) is 1. The number of amides is 1. The van der Waals surface area contributed by atoms with E-state index in [0.717, 1.165) is 51.6 Å². The highest BCUT2D eigenvalue weighted by atomic mass is 32.2. The highest BCUT2D eigenvalue weighted by molar-refractivity contribution is 7.89. The van der Waals surface area contributed by atoms with E-state index in [2.05, 4.69) is 10.2 Å². The number of rotatable bonds is 6. The highest BCUT2D eigenvalue weighted by Crippen LogP contribution is 2.32. The van der Waals surface area contributed by atoms with Crippen LogP contribution >= 0.6 is 0 Å². The zero-order chi connectivity index (χ0) is 23.4. The molecule has 0 atom stereocenters. The minimum Gasteiger partial charge on any atom is -0.370 e. The molecule has 4 rings (SSSR count). The van der Waals surface area contributed by atoms with Crippen molar-refractivity contribution in [1.29, 1.82) is 0 Å². The number of carbonyl (C=O) groups excluding carboxylic acids is 2. The first-order valence-corrected chi connectivity index (χ1v) is 13.1. The van der Waals surface area contributed by atoms with E-state index in [4.69, 9.17) is 0 Å². The number of piperidine rings is 2. The van der Waals surface area contributed by atoms with Gasteiger partial charge in [0.05, 0.1) is 5.69 Å². The second-order valence-corrected chi connectivity index (χ2v) is 10.7. The molecule has 33 heavy (non-hydrogen) atoms. The minimum atomic E-state index is -3.72. The van der Waals surface area contributed by atoms with E-state index in [1.165, 1.54) is 13.0 Å². The molecule has 8 heteroatoms. The standard InChI is InChI=1S/C25H31N3O4S/c1-19(29)20-9-8-10-22(17-20)26-25(30)21-11-12-23(27-13-4-2-5-14-27)24(18-21)33(31,32)28-15-6-3-7-16-28/h8-12,17-18H,2-7,13-16H2,1H3,(H,26,30). The third-order valence-electron chi connectivity index (χ3n) is 6.38. The van der Waals surface area contributed by atoms with Gasteiger partial charge in [0.1, 0.15) is 4.90 Å². The molecule has 7 nitrogen and oxygen atoms in total. The summed E-state index contributed by atoms with van der Waals surface area (Å²) in [7, 11) is -3.72. The highest BCUT2D eigenvalue weighted by Gasteiger charge is 2.31. The molecule has 2 fully saturated rings. The van der Waals surface area contributed by atoms with Gasteiger partial charge >= 0.3 is 0 Å². The average Bonchev–Trinajstić information content (AvgIpc) is 2.85. The lowest BCUT2D eigenvalue weighted by atomic mass is 10.1. The molecule has 2 aromatic carbocycles. The molecule has 0 radical (unpaired) electrons. The molecule has 0 aromatic heterocycles. The third kappa shape index (κ3) is 5.28. The SMILES string of the molecule is CC(=O)c1cccc(NC(=O)c2ccc(N3CCCCC3)c(S(=O)(=O)N3CCCCC3)c2)c1. The molecule has 2 heterocycles. The Morgan fingerprint density at radius 2 is 1.48 bits per heavy atom. The van der Waals surface area contributed by atoms with Crippen LogP contribution in [0.5, 0.6) is 0 Å². The number of nitrogens with one attached hydrogen (secondary N) is 1. The van der Waals surface area contributed by atoms with Gasteiger partial charge in [-0.1, -0.05) is 18.6 Å². The Morgan fingerprint density at radius 1 is 0.818 bits per heavy atom. The van der Waals surface area contributed by atoms with E-state index < -0.39 is 15.9 Å². The summed E-state index contributed by atoms with van der Waals surface area (Å²) in [6.45, 7) is 4.11. The molecule has 2 aromatic rings. The van der Waals surface area contributed by atoms with Crippen molar-refractivity contribution in [3.05, 3.63) is 53.6 Å². The topological polar surface area (TPSA) is 86.8 Å². The molecule has 1 N–H and O–H groups in total. The summed E-state index contributed by atoms with van der Waals surface area (Å²) in [6, 6.07) is 11.7. The van der Waals surface area contributed by atoms with E-state index in [0.29, 0.717) is 30.0 Å². The second kappa shape index (κ2) is 10.1. The molecule has 176 valence electrons. The lowest BCUT2D eigenvalue weighted by Crippen LogP contribution is -2.37. The van der Waals surface area contributed by atoms with Gasteiger partial charge in [-0.05, 0) is 69.4 Å². The number of nitrogens with zero attached hydrogens (tertiary/aromatic N) is 2. The Balaban J connectivity index is 1.68. The number of benzene rings is 2. The lowest BCUT2D eigenvalue weighted by molar-refractivity contribution is 0.101. The maximum Gasteiger partial charge on any atom is 0.255 e. The van der Waals surface area contributed by atoms with Crippen molar-refractivity contribution in [2.75, 3.05) is 36.4 Å². The maximum atomic E-state index is 13.6. The molecule has 2 aliphatic heterocycles. The van der Waals surface area contributed by atoms with Gasteiger partial charge in [-0.15, -0.1) is 0 Å². The zero-order valence-corrected chi connectivity index (χ0v) is 19.9. The van der Waals surface area contributed by atoms with E-state index in [1.807, 2.05) is 0 Å². The summed E-state index contributed by atoms with van der Waals surface area (Å²) in [6.07, 6.45) is 5.93. The van der Waals surface area contributed by atoms with Gasteiger partial charge in [0.2, 0.25) is 10.0 Å². The number of carbonyl (C=O) groups is 2. The third-order valence-corrected chi connectivity index (χ3v) is 8.31. The van der Waals surface area contributed by atoms with Crippen LogP contribution in [0, 0.1) is 0 Å². The van der Waals surface area contributed by atoms with Crippen molar-refractivity contribution in [2.24, 2.45) is 0 Å². The summed E-state index contributed by atoms with van der Waals surface area (Å²) in [5.74, 6) is -0.497. The van der Waals surface area contributed by atoms with Gasteiger partial charge < -0.3 is 10.2 Å². The van der Waals surface area contributed by atoms with Crippen LogP contribution in [0.2, 0.25) is 0 Å². The van der Waals surface area contributed by atoms with Crippen LogP contribution in [0.3, 0.4) is 0 Å². The van der Waals surface area contributed by atoms with E-state index in [-0.39, 0.29) is 16.2 Å². The van der Waals surface area contributed by atoms with Gasteiger partial charge in [0.15, 0.2) is 5.78 Å².